The van der Waals surface area contributed by atoms with Crippen molar-refractivity contribution in [2.24, 2.45) is 0 Å². The highest BCUT2D eigenvalue weighted by Gasteiger charge is 2.25. The summed E-state index contributed by atoms with van der Waals surface area (Å²) in [5.41, 5.74) is 2.04. The van der Waals surface area contributed by atoms with Crippen LogP contribution in [0.15, 0.2) is 48.5 Å². The summed E-state index contributed by atoms with van der Waals surface area (Å²) in [4.78, 5) is -0.578. The first-order valence-corrected chi connectivity index (χ1v) is 6.73. The lowest BCUT2D eigenvalue weighted by Gasteiger charge is -2.23. The predicted octanol–water partition coefficient (Wildman–Crippen LogP) is 4.37. The summed E-state index contributed by atoms with van der Waals surface area (Å²) < 4.78 is 10.2. The third kappa shape index (κ3) is 3.02. The monoisotopic (exact) mass is 294 g/mol. The van der Waals surface area contributed by atoms with Gasteiger partial charge in [-0.2, -0.15) is 0 Å². The van der Waals surface area contributed by atoms with Crippen LogP contribution in [0.25, 0.3) is 0 Å². The number of rotatable bonds is 4. The van der Waals surface area contributed by atoms with Crippen molar-refractivity contribution in [2.75, 3.05) is 7.11 Å². The molecule has 0 aliphatic carbocycles. The zero-order chi connectivity index (χ0) is 13.9. The molecule has 2 aromatic rings. The van der Waals surface area contributed by atoms with Gasteiger partial charge in [0.2, 0.25) is 0 Å². The summed E-state index contributed by atoms with van der Waals surface area (Å²) in [5.74, 6) is 1.61. The van der Waals surface area contributed by atoms with Crippen LogP contribution >= 0.6 is 21.1 Å². The fraction of sp³-hybridized carbons (Fsp3) is 0.200. The number of ether oxygens (including phenoxy) is 1. The summed E-state index contributed by atoms with van der Waals surface area (Å²) in [6, 6.07) is 15.5. The molecule has 4 heteroatoms. The molecule has 0 spiro atoms. The second-order valence-electron chi connectivity index (χ2n) is 4.37. The fourth-order valence-corrected chi connectivity index (χ4v) is 2.33. The van der Waals surface area contributed by atoms with Crippen molar-refractivity contribution in [3.63, 3.8) is 0 Å². The maximum Gasteiger partial charge on any atom is 0.122 e. The molecule has 0 saturated heterocycles. The molecule has 2 aromatic carbocycles. The quantitative estimate of drug-likeness (QED) is 0.616. The number of hydrogen-bond donors (Lipinski definition) is 0. The molecular formula is C15H16ClO2P. The summed E-state index contributed by atoms with van der Waals surface area (Å²) in [6.07, 6.45) is 0. The van der Waals surface area contributed by atoms with Crippen molar-refractivity contribution in [1.82, 2.24) is 0 Å². The minimum Gasteiger partial charge on any atom is -0.497 e. The molecule has 0 heterocycles. The van der Waals surface area contributed by atoms with Crippen LogP contribution in [0.5, 0.6) is 11.5 Å². The van der Waals surface area contributed by atoms with E-state index in [1.54, 1.807) is 7.11 Å². The summed E-state index contributed by atoms with van der Waals surface area (Å²) in [5, 5.41) is 0. The molecule has 0 fully saturated rings. The molecule has 0 saturated carbocycles. The van der Waals surface area contributed by atoms with E-state index in [0.29, 0.717) is 0 Å². The minimum atomic E-state index is -0.578. The molecule has 2 nitrogen and oxygen atoms in total. The molecule has 0 aromatic heterocycles. The molecule has 0 N–H and O–H groups in total. The molecule has 2 atom stereocenters. The second-order valence-corrected chi connectivity index (χ2v) is 5.37. The normalized spacial score (nSPS) is 13.7. The van der Waals surface area contributed by atoms with Crippen molar-refractivity contribution in [2.45, 2.75) is 11.8 Å². The van der Waals surface area contributed by atoms with Gasteiger partial charge in [0.25, 0.3) is 0 Å². The molecule has 0 radical (unpaired) electrons. The number of halogens is 1. The van der Waals surface area contributed by atoms with E-state index in [0.717, 1.165) is 22.6 Å². The minimum absolute atomic E-state index is 0.578. The van der Waals surface area contributed by atoms with Gasteiger partial charge in [0.15, 0.2) is 0 Å². The van der Waals surface area contributed by atoms with Crippen LogP contribution in [-0.4, -0.2) is 7.11 Å². The molecule has 0 aliphatic heterocycles. The highest BCUT2D eigenvalue weighted by Crippen LogP contribution is 2.37. The first-order valence-electron chi connectivity index (χ1n) is 5.88. The van der Waals surface area contributed by atoms with Gasteiger partial charge in [0.05, 0.1) is 21.5 Å². The lowest BCUT2D eigenvalue weighted by atomic mass is 9.92. The van der Waals surface area contributed by atoms with E-state index in [2.05, 4.69) is 9.47 Å². The Balaban J connectivity index is 2.33. The van der Waals surface area contributed by atoms with Crippen molar-refractivity contribution in [1.29, 1.82) is 0 Å². The molecule has 2 rings (SSSR count). The third-order valence-electron chi connectivity index (χ3n) is 3.16. The molecule has 100 valence electrons. The Hall–Kier alpha value is -1.24. The van der Waals surface area contributed by atoms with E-state index in [-0.39, 0.29) is 0 Å². The lowest BCUT2D eigenvalue weighted by Crippen LogP contribution is -2.15. The predicted molar refractivity (Wildman–Crippen MR) is 82.1 cm³/mol. The van der Waals surface area contributed by atoms with Crippen molar-refractivity contribution < 1.29 is 9.26 Å². The standard InChI is InChI=1S/C15H16ClO2P/c1-15(16,11-3-7-13(17-2)8-4-11)12-5-9-14(18-19)10-6-12/h3-10H,19H2,1-2H3/t15-/m0/s1. The van der Waals surface area contributed by atoms with E-state index in [1.165, 1.54) is 0 Å². The Kier molecular flexibility index (Phi) is 4.34. The molecule has 0 amide bonds. The highest BCUT2D eigenvalue weighted by molar-refractivity contribution is 7.10. The average molecular weight is 295 g/mol. The van der Waals surface area contributed by atoms with E-state index < -0.39 is 4.87 Å². The molecule has 0 aliphatic rings. The maximum absolute atomic E-state index is 6.69. The largest absolute Gasteiger partial charge is 0.497 e. The Morgan fingerprint density at radius 2 is 1.32 bits per heavy atom. The molecule has 0 bridgehead atoms. The van der Waals surface area contributed by atoms with Crippen LogP contribution in [-0.2, 0) is 4.87 Å². The van der Waals surface area contributed by atoms with Gasteiger partial charge in [0.1, 0.15) is 11.5 Å². The number of benzene rings is 2. The zero-order valence-corrected chi connectivity index (χ0v) is 12.8. The van der Waals surface area contributed by atoms with E-state index in [9.17, 15) is 0 Å². The van der Waals surface area contributed by atoms with E-state index in [1.807, 2.05) is 55.5 Å². The summed E-state index contributed by atoms with van der Waals surface area (Å²) in [7, 11) is 3.88. The Bertz CT molecular complexity index is 486. The number of hydrogen-bond acceptors (Lipinski definition) is 2. The average Bonchev–Trinajstić information content (AvgIpc) is 2.47. The SMILES string of the molecule is COc1ccc([C@](C)(Cl)c2ccc(OP)cc2)cc1. The highest BCUT2D eigenvalue weighted by atomic mass is 35.5. The van der Waals surface area contributed by atoms with Gasteiger partial charge < -0.3 is 9.26 Å². The van der Waals surface area contributed by atoms with Gasteiger partial charge in [0, 0.05) is 0 Å². The van der Waals surface area contributed by atoms with Crippen molar-refractivity contribution >= 4 is 21.1 Å². The third-order valence-corrected chi connectivity index (χ3v) is 3.87. The summed E-state index contributed by atoms with van der Waals surface area (Å²) in [6.45, 7) is 1.98. The first-order chi connectivity index (χ1) is 9.07. The van der Waals surface area contributed by atoms with Crippen LogP contribution in [0, 0.1) is 0 Å². The van der Waals surface area contributed by atoms with E-state index in [4.69, 9.17) is 20.9 Å². The van der Waals surface area contributed by atoms with Crippen LogP contribution in [0.3, 0.4) is 0 Å². The summed E-state index contributed by atoms with van der Waals surface area (Å²) >= 11 is 6.69. The van der Waals surface area contributed by atoms with Crippen LogP contribution < -0.4 is 9.26 Å². The maximum atomic E-state index is 6.69. The van der Waals surface area contributed by atoms with Gasteiger partial charge in [-0.1, -0.05) is 24.3 Å². The Labute approximate surface area is 121 Å². The fourth-order valence-electron chi connectivity index (χ4n) is 1.92. The van der Waals surface area contributed by atoms with Crippen molar-refractivity contribution in [3.05, 3.63) is 59.7 Å². The first kappa shape index (κ1) is 14.2. The Morgan fingerprint density at radius 3 is 1.68 bits per heavy atom. The van der Waals surface area contributed by atoms with Gasteiger partial charge in [-0.3, -0.25) is 0 Å². The van der Waals surface area contributed by atoms with Crippen LogP contribution in [0.1, 0.15) is 18.1 Å². The Morgan fingerprint density at radius 1 is 0.895 bits per heavy atom. The second kappa shape index (κ2) is 5.81. The molecular weight excluding hydrogens is 279 g/mol. The lowest BCUT2D eigenvalue weighted by molar-refractivity contribution is 0.414. The van der Waals surface area contributed by atoms with Gasteiger partial charge in [-0.15, -0.1) is 11.6 Å². The van der Waals surface area contributed by atoms with Gasteiger partial charge >= 0.3 is 0 Å². The number of alkyl halides is 1. The molecule has 1 unspecified atom stereocenters. The van der Waals surface area contributed by atoms with Crippen LogP contribution in [0.4, 0.5) is 0 Å². The van der Waals surface area contributed by atoms with Crippen LogP contribution in [0.2, 0.25) is 0 Å². The van der Waals surface area contributed by atoms with E-state index >= 15 is 0 Å². The molecule has 19 heavy (non-hydrogen) atoms. The van der Waals surface area contributed by atoms with Crippen molar-refractivity contribution in [3.8, 4) is 11.5 Å². The smallest absolute Gasteiger partial charge is 0.122 e. The zero-order valence-electron chi connectivity index (χ0n) is 10.9. The van der Waals surface area contributed by atoms with Gasteiger partial charge in [-0.25, -0.2) is 0 Å². The number of methoxy groups -OCH3 is 1. The van der Waals surface area contributed by atoms with Gasteiger partial charge in [-0.05, 0) is 42.3 Å². The topological polar surface area (TPSA) is 18.5 Å².